The summed E-state index contributed by atoms with van der Waals surface area (Å²) in [5.41, 5.74) is 2.31. The SMILES string of the molecule is Cc1cccc(CN(C(=O)CN(c2ccc(Br)cc2)S(C)(=O)=O)[C@@H](C)C(=O)NC2CCCC2)c1. The number of anilines is 1. The highest BCUT2D eigenvalue weighted by atomic mass is 79.9. The number of hydrogen-bond donors (Lipinski definition) is 1. The molecule has 0 aromatic heterocycles. The van der Waals surface area contributed by atoms with Crippen molar-refractivity contribution in [3.63, 3.8) is 0 Å². The summed E-state index contributed by atoms with van der Waals surface area (Å²) in [6.07, 6.45) is 5.12. The van der Waals surface area contributed by atoms with Crippen molar-refractivity contribution < 1.29 is 18.0 Å². The van der Waals surface area contributed by atoms with Gasteiger partial charge in [-0.1, -0.05) is 58.6 Å². The van der Waals surface area contributed by atoms with Gasteiger partial charge in [-0.15, -0.1) is 0 Å². The predicted molar refractivity (Wildman–Crippen MR) is 138 cm³/mol. The Morgan fingerprint density at radius 2 is 1.76 bits per heavy atom. The summed E-state index contributed by atoms with van der Waals surface area (Å²) in [4.78, 5) is 28.1. The number of amides is 2. The van der Waals surface area contributed by atoms with Gasteiger partial charge >= 0.3 is 0 Å². The summed E-state index contributed by atoms with van der Waals surface area (Å²) in [7, 11) is -3.73. The van der Waals surface area contributed by atoms with Gasteiger partial charge < -0.3 is 10.2 Å². The Balaban J connectivity index is 1.87. The largest absolute Gasteiger partial charge is 0.352 e. The molecule has 7 nitrogen and oxygen atoms in total. The molecule has 0 radical (unpaired) electrons. The van der Waals surface area contributed by atoms with Crippen LogP contribution in [0.25, 0.3) is 0 Å². The molecule has 2 amide bonds. The minimum absolute atomic E-state index is 0.126. The Hall–Kier alpha value is -2.39. The van der Waals surface area contributed by atoms with Crippen LogP contribution in [0.15, 0.2) is 53.0 Å². The number of nitrogens with zero attached hydrogens (tertiary/aromatic N) is 2. The molecule has 1 aliphatic carbocycles. The van der Waals surface area contributed by atoms with Crippen LogP contribution in [0, 0.1) is 6.92 Å². The van der Waals surface area contributed by atoms with Crippen molar-refractivity contribution in [3.8, 4) is 0 Å². The van der Waals surface area contributed by atoms with E-state index in [0.29, 0.717) is 5.69 Å². The van der Waals surface area contributed by atoms with Crippen molar-refractivity contribution >= 4 is 43.5 Å². The van der Waals surface area contributed by atoms with E-state index >= 15 is 0 Å². The normalized spacial score (nSPS) is 15.1. The van der Waals surface area contributed by atoms with Crippen LogP contribution in [0.2, 0.25) is 0 Å². The molecule has 0 saturated heterocycles. The van der Waals surface area contributed by atoms with Crippen molar-refractivity contribution in [3.05, 3.63) is 64.1 Å². The van der Waals surface area contributed by atoms with E-state index in [0.717, 1.165) is 51.8 Å². The Morgan fingerprint density at radius 3 is 2.35 bits per heavy atom. The lowest BCUT2D eigenvalue weighted by Crippen LogP contribution is -2.52. The Kier molecular flexibility index (Phi) is 8.76. The van der Waals surface area contributed by atoms with Crippen LogP contribution < -0.4 is 9.62 Å². The third-order valence-electron chi connectivity index (χ3n) is 6.10. The first-order valence-electron chi connectivity index (χ1n) is 11.4. The standard InChI is InChI=1S/C25H32BrN3O4S/c1-18-7-6-8-20(15-18)16-28(19(2)25(31)27-22-9-4-5-10-22)24(30)17-29(34(3,32)33)23-13-11-21(26)12-14-23/h6-8,11-15,19,22H,4-5,9-10,16-17H2,1-3H3,(H,27,31)/t19-/m0/s1. The van der Waals surface area contributed by atoms with Crippen molar-refractivity contribution in [2.24, 2.45) is 0 Å². The summed E-state index contributed by atoms with van der Waals surface area (Å²) in [6.45, 7) is 3.47. The Bertz CT molecular complexity index is 1120. The fraction of sp³-hybridized carbons (Fsp3) is 0.440. The molecule has 0 spiro atoms. The van der Waals surface area contributed by atoms with Crippen molar-refractivity contribution in [2.75, 3.05) is 17.1 Å². The number of rotatable bonds is 9. The molecular weight excluding hydrogens is 518 g/mol. The Morgan fingerprint density at radius 1 is 1.12 bits per heavy atom. The van der Waals surface area contributed by atoms with Gasteiger partial charge in [0, 0.05) is 17.1 Å². The van der Waals surface area contributed by atoms with Gasteiger partial charge in [0.15, 0.2) is 0 Å². The minimum Gasteiger partial charge on any atom is -0.352 e. The second-order valence-corrected chi connectivity index (χ2v) is 11.7. The number of sulfonamides is 1. The molecule has 184 valence electrons. The molecule has 1 aliphatic rings. The van der Waals surface area contributed by atoms with E-state index in [1.165, 1.54) is 4.90 Å². The Labute approximate surface area is 210 Å². The molecule has 1 fully saturated rings. The molecule has 1 atom stereocenters. The van der Waals surface area contributed by atoms with E-state index < -0.39 is 28.5 Å². The van der Waals surface area contributed by atoms with Crippen LogP contribution in [0.4, 0.5) is 5.69 Å². The van der Waals surface area contributed by atoms with Crippen LogP contribution in [0.5, 0.6) is 0 Å². The quantitative estimate of drug-likeness (QED) is 0.512. The lowest BCUT2D eigenvalue weighted by Gasteiger charge is -2.32. The molecule has 2 aromatic carbocycles. The highest BCUT2D eigenvalue weighted by Gasteiger charge is 2.31. The number of aryl methyl sites for hydroxylation is 1. The average molecular weight is 551 g/mol. The number of carbonyl (C=O) groups excluding carboxylic acids is 2. The van der Waals surface area contributed by atoms with E-state index in [9.17, 15) is 18.0 Å². The van der Waals surface area contributed by atoms with Gasteiger partial charge in [-0.25, -0.2) is 8.42 Å². The number of nitrogens with one attached hydrogen (secondary N) is 1. The predicted octanol–water partition coefficient (Wildman–Crippen LogP) is 4.00. The third kappa shape index (κ3) is 7.06. The molecule has 1 N–H and O–H groups in total. The van der Waals surface area contributed by atoms with E-state index in [1.807, 2.05) is 31.2 Å². The zero-order valence-electron chi connectivity index (χ0n) is 19.8. The number of carbonyl (C=O) groups is 2. The maximum atomic E-state index is 13.5. The number of benzene rings is 2. The molecular formula is C25H32BrN3O4S. The highest BCUT2D eigenvalue weighted by Crippen LogP contribution is 2.22. The summed E-state index contributed by atoms with van der Waals surface area (Å²) in [6, 6.07) is 13.8. The molecule has 34 heavy (non-hydrogen) atoms. The maximum Gasteiger partial charge on any atom is 0.244 e. The van der Waals surface area contributed by atoms with E-state index in [-0.39, 0.29) is 18.5 Å². The first-order chi connectivity index (χ1) is 16.0. The first-order valence-corrected chi connectivity index (χ1v) is 14.1. The number of hydrogen-bond acceptors (Lipinski definition) is 4. The zero-order valence-corrected chi connectivity index (χ0v) is 22.2. The highest BCUT2D eigenvalue weighted by molar-refractivity contribution is 9.10. The smallest absolute Gasteiger partial charge is 0.244 e. The van der Waals surface area contributed by atoms with Gasteiger partial charge in [0.1, 0.15) is 12.6 Å². The van der Waals surface area contributed by atoms with E-state index in [2.05, 4.69) is 21.2 Å². The van der Waals surface area contributed by atoms with E-state index in [4.69, 9.17) is 0 Å². The van der Waals surface area contributed by atoms with Gasteiger partial charge in [0.25, 0.3) is 0 Å². The summed E-state index contributed by atoms with van der Waals surface area (Å²) >= 11 is 3.35. The molecule has 0 bridgehead atoms. The van der Waals surface area contributed by atoms with Crippen LogP contribution >= 0.6 is 15.9 Å². The first kappa shape index (κ1) is 26.2. The van der Waals surface area contributed by atoms with Crippen LogP contribution in [0.1, 0.15) is 43.7 Å². The van der Waals surface area contributed by atoms with Crippen molar-refractivity contribution in [1.82, 2.24) is 10.2 Å². The van der Waals surface area contributed by atoms with E-state index in [1.54, 1.807) is 31.2 Å². The monoisotopic (exact) mass is 549 g/mol. The van der Waals surface area contributed by atoms with Crippen molar-refractivity contribution in [1.29, 1.82) is 0 Å². The molecule has 0 heterocycles. The fourth-order valence-corrected chi connectivity index (χ4v) is 5.32. The maximum absolute atomic E-state index is 13.5. The van der Waals surface area contributed by atoms with Crippen LogP contribution in [-0.4, -0.2) is 50.0 Å². The van der Waals surface area contributed by atoms with Gasteiger partial charge in [0.05, 0.1) is 11.9 Å². The topological polar surface area (TPSA) is 86.8 Å². The van der Waals surface area contributed by atoms with Gasteiger partial charge in [-0.3, -0.25) is 13.9 Å². The third-order valence-corrected chi connectivity index (χ3v) is 7.77. The van der Waals surface area contributed by atoms with Crippen LogP contribution in [-0.2, 0) is 26.2 Å². The van der Waals surface area contributed by atoms with Gasteiger partial charge in [-0.2, -0.15) is 0 Å². The summed E-state index contributed by atoms with van der Waals surface area (Å²) in [5, 5.41) is 3.06. The average Bonchev–Trinajstić information content (AvgIpc) is 3.28. The van der Waals surface area contributed by atoms with Gasteiger partial charge in [-0.05, 0) is 56.5 Å². The van der Waals surface area contributed by atoms with Gasteiger partial charge in [0.2, 0.25) is 21.8 Å². The molecule has 2 aromatic rings. The molecule has 9 heteroatoms. The second-order valence-electron chi connectivity index (χ2n) is 8.92. The second kappa shape index (κ2) is 11.4. The minimum atomic E-state index is -3.73. The summed E-state index contributed by atoms with van der Waals surface area (Å²) < 4.78 is 27.0. The molecule has 0 aliphatic heterocycles. The molecule has 1 saturated carbocycles. The number of halogens is 1. The van der Waals surface area contributed by atoms with Crippen LogP contribution in [0.3, 0.4) is 0 Å². The fourth-order valence-electron chi connectivity index (χ4n) is 4.20. The lowest BCUT2D eigenvalue weighted by molar-refractivity contribution is -0.139. The molecule has 0 unspecified atom stereocenters. The molecule has 3 rings (SSSR count). The van der Waals surface area contributed by atoms with Crippen molar-refractivity contribution in [2.45, 2.75) is 58.2 Å². The summed E-state index contributed by atoms with van der Waals surface area (Å²) in [5.74, 6) is -0.661. The zero-order chi connectivity index (χ0) is 24.9. The lowest BCUT2D eigenvalue weighted by atomic mass is 10.1.